The second kappa shape index (κ2) is 8.97. The maximum absolute atomic E-state index is 12.1. The highest BCUT2D eigenvalue weighted by Gasteiger charge is 2.41. The van der Waals surface area contributed by atoms with Crippen molar-refractivity contribution in [1.82, 2.24) is 0 Å². The van der Waals surface area contributed by atoms with E-state index < -0.39 is 6.10 Å². The van der Waals surface area contributed by atoms with Gasteiger partial charge in [0.2, 0.25) is 0 Å². The van der Waals surface area contributed by atoms with Crippen LogP contribution in [0.1, 0.15) is 30.6 Å². The molecule has 7 heteroatoms. The number of ether oxygens (including phenoxy) is 1. The van der Waals surface area contributed by atoms with E-state index in [2.05, 4.69) is 16.9 Å². The Morgan fingerprint density at radius 1 is 1.46 bits per heavy atom. The summed E-state index contributed by atoms with van der Waals surface area (Å²) in [5.41, 5.74) is 9.28. The Bertz CT molecular complexity index is 592. The minimum Gasteiger partial charge on any atom is -0.462 e. The molecule has 0 bridgehead atoms. The number of nitrogens with zero attached hydrogens (tertiary/aromatic N) is 3. The minimum atomic E-state index is -0.655. The average Bonchev–Trinajstić information content (AvgIpc) is 2.60. The summed E-state index contributed by atoms with van der Waals surface area (Å²) >= 11 is 1.72. The summed E-state index contributed by atoms with van der Waals surface area (Å²) in [7, 11) is 0. The predicted octanol–water partition coefficient (Wildman–Crippen LogP) is 3.66. The molecule has 0 heterocycles. The lowest BCUT2D eigenvalue weighted by Gasteiger charge is -2.41. The van der Waals surface area contributed by atoms with Gasteiger partial charge in [-0.2, -0.15) is 11.8 Å². The van der Waals surface area contributed by atoms with Gasteiger partial charge in [-0.1, -0.05) is 37.2 Å². The third-order valence-electron chi connectivity index (χ3n) is 4.48. The molecule has 1 aliphatic carbocycles. The van der Waals surface area contributed by atoms with Crippen molar-refractivity contribution in [3.63, 3.8) is 0 Å². The molecule has 0 aromatic heterocycles. The fourth-order valence-electron chi connectivity index (χ4n) is 3.17. The molecule has 1 aromatic rings. The van der Waals surface area contributed by atoms with Crippen molar-refractivity contribution in [2.24, 2.45) is 17.0 Å². The fourth-order valence-corrected chi connectivity index (χ4v) is 4.48. The van der Waals surface area contributed by atoms with Gasteiger partial charge in [0.1, 0.15) is 0 Å². The summed E-state index contributed by atoms with van der Waals surface area (Å²) in [6.07, 6.45) is 0.00764. The van der Waals surface area contributed by atoms with Gasteiger partial charge in [-0.25, -0.2) is 4.79 Å². The van der Waals surface area contributed by atoms with Crippen molar-refractivity contribution in [2.45, 2.75) is 37.7 Å². The number of esters is 1. The molecule has 130 valence electrons. The lowest BCUT2D eigenvalue weighted by Crippen LogP contribution is -2.48. The number of benzene rings is 1. The first-order chi connectivity index (χ1) is 11.6. The summed E-state index contributed by atoms with van der Waals surface area (Å²) in [5, 5.41) is 14.5. The number of azide groups is 1. The number of aliphatic hydroxyl groups is 1. The molecular formula is C17H23N3O3S. The van der Waals surface area contributed by atoms with Crippen molar-refractivity contribution in [3.05, 3.63) is 46.3 Å². The van der Waals surface area contributed by atoms with Gasteiger partial charge in [0.25, 0.3) is 0 Å². The summed E-state index contributed by atoms with van der Waals surface area (Å²) in [6.45, 7) is 4.11. The summed E-state index contributed by atoms with van der Waals surface area (Å²) in [5.74, 6) is 0.204. The van der Waals surface area contributed by atoms with Gasteiger partial charge in [-0.15, -0.1) is 0 Å². The van der Waals surface area contributed by atoms with Crippen LogP contribution in [0.15, 0.2) is 35.4 Å². The molecule has 0 amide bonds. The highest BCUT2D eigenvalue weighted by molar-refractivity contribution is 7.99. The van der Waals surface area contributed by atoms with Crippen molar-refractivity contribution in [2.75, 3.05) is 12.4 Å². The zero-order chi connectivity index (χ0) is 17.5. The van der Waals surface area contributed by atoms with E-state index in [1.165, 1.54) is 0 Å². The van der Waals surface area contributed by atoms with E-state index in [1.54, 1.807) is 36.0 Å². The second-order valence-corrected chi connectivity index (χ2v) is 7.52. The topological polar surface area (TPSA) is 95.3 Å². The van der Waals surface area contributed by atoms with Crippen LogP contribution in [0.2, 0.25) is 0 Å². The minimum absolute atomic E-state index is 0.129. The quantitative estimate of drug-likeness (QED) is 0.367. The Hall–Kier alpha value is -1.69. The molecule has 1 saturated carbocycles. The molecule has 0 radical (unpaired) electrons. The first-order valence-electron chi connectivity index (χ1n) is 8.14. The number of hydrogen-bond donors (Lipinski definition) is 1. The van der Waals surface area contributed by atoms with Crippen LogP contribution in [0.25, 0.3) is 10.4 Å². The van der Waals surface area contributed by atoms with Crippen LogP contribution in [0, 0.1) is 11.8 Å². The van der Waals surface area contributed by atoms with E-state index in [0.717, 1.165) is 5.75 Å². The van der Waals surface area contributed by atoms with Gasteiger partial charge in [-0.05, 0) is 35.8 Å². The van der Waals surface area contributed by atoms with Crippen molar-refractivity contribution in [1.29, 1.82) is 0 Å². The highest BCUT2D eigenvalue weighted by Crippen LogP contribution is 2.38. The van der Waals surface area contributed by atoms with Gasteiger partial charge < -0.3 is 9.84 Å². The molecule has 24 heavy (non-hydrogen) atoms. The smallest absolute Gasteiger partial charge is 0.338 e. The van der Waals surface area contributed by atoms with Gasteiger partial charge in [0.15, 0.2) is 0 Å². The maximum atomic E-state index is 12.1. The van der Waals surface area contributed by atoms with Gasteiger partial charge >= 0.3 is 5.97 Å². The van der Waals surface area contributed by atoms with E-state index in [0.29, 0.717) is 12.0 Å². The average molecular weight is 349 g/mol. The molecule has 1 N–H and O–H groups in total. The molecule has 0 aliphatic heterocycles. The molecule has 0 spiro atoms. The number of rotatable bonds is 6. The fraction of sp³-hybridized carbons (Fsp3) is 0.588. The SMILES string of the molecule is CCS[C@@H]1CC(COC(=O)c2ccccc2)[C@@H](O)[C@H](C)C1N=[N+]=[N-]. The van der Waals surface area contributed by atoms with E-state index in [-0.39, 0.29) is 35.7 Å². The highest BCUT2D eigenvalue weighted by atomic mass is 32.2. The Morgan fingerprint density at radius 3 is 2.79 bits per heavy atom. The van der Waals surface area contributed by atoms with Crippen molar-refractivity contribution < 1.29 is 14.6 Å². The van der Waals surface area contributed by atoms with Crippen molar-refractivity contribution >= 4 is 17.7 Å². The van der Waals surface area contributed by atoms with Crippen LogP contribution in [0.5, 0.6) is 0 Å². The van der Waals surface area contributed by atoms with Gasteiger partial charge in [0, 0.05) is 16.1 Å². The van der Waals surface area contributed by atoms with Crippen LogP contribution in [-0.2, 0) is 4.74 Å². The first-order valence-corrected chi connectivity index (χ1v) is 9.19. The molecule has 1 aliphatic rings. The molecule has 2 rings (SSSR count). The van der Waals surface area contributed by atoms with Gasteiger partial charge in [-0.3, -0.25) is 0 Å². The monoisotopic (exact) mass is 349 g/mol. The zero-order valence-corrected chi connectivity index (χ0v) is 14.7. The van der Waals surface area contributed by atoms with Crippen molar-refractivity contribution in [3.8, 4) is 0 Å². The zero-order valence-electron chi connectivity index (χ0n) is 13.9. The predicted molar refractivity (Wildman–Crippen MR) is 94.9 cm³/mol. The molecule has 5 atom stereocenters. The van der Waals surface area contributed by atoms with Crippen LogP contribution in [-0.4, -0.2) is 40.8 Å². The standard InChI is InChI=1S/C17H23N3O3S/c1-3-24-14-9-13(16(21)11(2)15(14)19-20-18)10-23-17(22)12-7-5-4-6-8-12/h4-8,11,13-16,21H,3,9-10H2,1-2H3/t11-,13?,14-,15?,16+/m1/s1. The molecule has 2 unspecified atom stereocenters. The van der Waals surface area contributed by atoms with E-state index >= 15 is 0 Å². The lowest BCUT2D eigenvalue weighted by molar-refractivity contribution is -0.0185. The van der Waals surface area contributed by atoms with Crippen LogP contribution in [0.4, 0.5) is 0 Å². The Labute approximate surface area is 146 Å². The van der Waals surface area contributed by atoms with Crippen LogP contribution < -0.4 is 0 Å². The summed E-state index contributed by atoms with van der Waals surface area (Å²) in [4.78, 5) is 15.0. The Morgan fingerprint density at radius 2 is 2.17 bits per heavy atom. The van der Waals surface area contributed by atoms with E-state index in [4.69, 9.17) is 10.3 Å². The Kier molecular flexibility index (Phi) is 6.97. The molecule has 6 nitrogen and oxygen atoms in total. The second-order valence-electron chi connectivity index (χ2n) is 6.00. The lowest BCUT2D eigenvalue weighted by atomic mass is 9.76. The normalized spacial score (nSPS) is 29.5. The molecule has 1 fully saturated rings. The number of aliphatic hydroxyl groups excluding tert-OH is 1. The molecular weight excluding hydrogens is 326 g/mol. The first kappa shape index (κ1) is 18.6. The largest absolute Gasteiger partial charge is 0.462 e. The molecule has 0 saturated heterocycles. The van der Waals surface area contributed by atoms with E-state index in [1.807, 2.05) is 13.0 Å². The van der Waals surface area contributed by atoms with E-state index in [9.17, 15) is 9.90 Å². The Balaban J connectivity index is 2.02. The number of carbonyl (C=O) groups is 1. The number of hydrogen-bond acceptors (Lipinski definition) is 5. The molecule has 1 aromatic carbocycles. The third kappa shape index (κ3) is 4.44. The van der Waals surface area contributed by atoms with Crippen LogP contribution >= 0.6 is 11.8 Å². The summed E-state index contributed by atoms with van der Waals surface area (Å²) < 4.78 is 5.40. The summed E-state index contributed by atoms with van der Waals surface area (Å²) in [6, 6.07) is 8.58. The maximum Gasteiger partial charge on any atom is 0.338 e. The van der Waals surface area contributed by atoms with Gasteiger partial charge in [0.05, 0.1) is 24.3 Å². The number of thioether (sulfide) groups is 1. The van der Waals surface area contributed by atoms with Crippen LogP contribution in [0.3, 0.4) is 0 Å². The third-order valence-corrected chi connectivity index (χ3v) is 5.71. The number of carbonyl (C=O) groups excluding carboxylic acids is 1.